The molecule has 5 heterocycles. The van der Waals surface area contributed by atoms with Gasteiger partial charge in [0.2, 0.25) is 0 Å². The summed E-state index contributed by atoms with van der Waals surface area (Å²) in [7, 11) is 0. The fourth-order valence-corrected chi connectivity index (χ4v) is 3.73. The van der Waals surface area contributed by atoms with Crippen LogP contribution in [0, 0.1) is 0 Å². The number of hydrogen-bond donors (Lipinski definition) is 0. The van der Waals surface area contributed by atoms with Gasteiger partial charge in [-0.1, -0.05) is 0 Å². The van der Waals surface area contributed by atoms with Gasteiger partial charge in [0.05, 0.1) is 105 Å². The Labute approximate surface area is 201 Å². The lowest BCUT2D eigenvalue weighted by molar-refractivity contribution is -0.113. The van der Waals surface area contributed by atoms with Crippen LogP contribution in [0.3, 0.4) is 0 Å². The maximum atomic E-state index is 6.15. The minimum absolute atomic E-state index is 0.191. The topological polar surface area (TPSA) is 112 Å². The van der Waals surface area contributed by atoms with Crippen LogP contribution in [0.5, 0.6) is 0 Å². The first kappa shape index (κ1) is 25.2. The van der Waals surface area contributed by atoms with Crippen LogP contribution < -0.4 is 0 Å². The Morgan fingerprint density at radius 3 is 1.09 bits per heavy atom. The predicted octanol–water partition coefficient (Wildman–Crippen LogP) is -0.896. The molecule has 11 heteroatoms. The van der Waals surface area contributed by atoms with E-state index in [4.69, 9.17) is 47.4 Å². The molecule has 34 heavy (non-hydrogen) atoms. The Bertz CT molecular complexity index is 527. The van der Waals surface area contributed by atoms with Gasteiger partial charge in [0, 0.05) is 13.1 Å². The molecule has 0 saturated carbocycles. The fraction of sp³-hybridized carbons (Fsp3) is 1.00. The largest absolute Gasteiger partial charge is 0.377 e. The third-order valence-corrected chi connectivity index (χ3v) is 6.32. The average Bonchev–Trinajstić information content (AvgIpc) is 3.64. The van der Waals surface area contributed by atoms with Crippen LogP contribution in [-0.2, 0) is 47.4 Å². The SMILES string of the molecule is C(CN(CCOCC1CO1)C(COCC1CO1)(COCC1CO1)COCC1CO1)OCC1CO1. The minimum atomic E-state index is -0.502. The Balaban J connectivity index is 1.21. The molecule has 5 saturated heterocycles. The van der Waals surface area contributed by atoms with Crippen molar-refractivity contribution in [3.8, 4) is 0 Å². The molecule has 0 spiro atoms. The van der Waals surface area contributed by atoms with Crippen molar-refractivity contribution in [2.45, 2.75) is 36.1 Å². The monoisotopic (exact) mass is 489 g/mol. The Kier molecular flexibility index (Phi) is 9.41. The maximum Gasteiger partial charge on any atom is 0.104 e. The van der Waals surface area contributed by atoms with Crippen molar-refractivity contribution in [3.05, 3.63) is 0 Å². The second kappa shape index (κ2) is 12.7. The molecule has 0 aromatic heterocycles. The lowest BCUT2D eigenvalue weighted by Crippen LogP contribution is -2.60. The van der Waals surface area contributed by atoms with Crippen LogP contribution >= 0.6 is 0 Å². The molecule has 11 nitrogen and oxygen atoms in total. The van der Waals surface area contributed by atoms with Crippen LogP contribution in [0.4, 0.5) is 0 Å². The summed E-state index contributed by atoms with van der Waals surface area (Å²) in [5.74, 6) is 0. The van der Waals surface area contributed by atoms with Crippen molar-refractivity contribution in [3.63, 3.8) is 0 Å². The van der Waals surface area contributed by atoms with E-state index < -0.39 is 5.54 Å². The zero-order valence-corrected chi connectivity index (χ0v) is 19.9. The molecule has 0 N–H and O–H groups in total. The van der Waals surface area contributed by atoms with Gasteiger partial charge in [0.15, 0.2) is 0 Å². The Hall–Kier alpha value is -0.440. The summed E-state index contributed by atoms with van der Waals surface area (Å²) in [6.45, 7) is 10.7. The van der Waals surface area contributed by atoms with Crippen LogP contribution in [0.15, 0.2) is 0 Å². The highest BCUT2D eigenvalue weighted by atomic mass is 16.6. The van der Waals surface area contributed by atoms with E-state index in [-0.39, 0.29) is 30.5 Å². The minimum Gasteiger partial charge on any atom is -0.377 e. The number of rotatable bonds is 23. The molecule has 0 aliphatic carbocycles. The van der Waals surface area contributed by atoms with Crippen molar-refractivity contribution in [1.29, 1.82) is 0 Å². The molecule has 5 rings (SSSR count). The van der Waals surface area contributed by atoms with Crippen LogP contribution in [0.1, 0.15) is 0 Å². The molecule has 0 aromatic carbocycles. The van der Waals surface area contributed by atoms with Gasteiger partial charge in [-0.2, -0.15) is 0 Å². The second-order valence-corrected chi connectivity index (χ2v) is 9.68. The highest BCUT2D eigenvalue weighted by molar-refractivity contribution is 4.93. The molecule has 5 aliphatic rings. The quantitative estimate of drug-likeness (QED) is 0.132. The van der Waals surface area contributed by atoms with E-state index >= 15 is 0 Å². The molecule has 5 aliphatic heterocycles. The first-order valence-corrected chi connectivity index (χ1v) is 12.5. The first-order valence-electron chi connectivity index (χ1n) is 12.5. The second-order valence-electron chi connectivity index (χ2n) is 9.68. The fourth-order valence-electron chi connectivity index (χ4n) is 3.73. The Morgan fingerprint density at radius 2 is 0.794 bits per heavy atom. The summed E-state index contributed by atoms with van der Waals surface area (Å²) in [5, 5.41) is 0. The predicted molar refractivity (Wildman–Crippen MR) is 117 cm³/mol. The molecular weight excluding hydrogens is 450 g/mol. The summed E-state index contributed by atoms with van der Waals surface area (Å²) in [6, 6.07) is 0. The van der Waals surface area contributed by atoms with Gasteiger partial charge in [0.1, 0.15) is 30.5 Å². The van der Waals surface area contributed by atoms with Gasteiger partial charge >= 0.3 is 0 Å². The highest BCUT2D eigenvalue weighted by Gasteiger charge is 2.40. The van der Waals surface area contributed by atoms with Gasteiger partial charge in [-0.05, 0) is 0 Å². The number of ether oxygens (including phenoxy) is 10. The van der Waals surface area contributed by atoms with E-state index in [0.717, 1.165) is 33.0 Å². The lowest BCUT2D eigenvalue weighted by Gasteiger charge is -2.43. The molecule has 0 aromatic rings. The van der Waals surface area contributed by atoms with Gasteiger partial charge in [0.25, 0.3) is 0 Å². The summed E-state index contributed by atoms with van der Waals surface area (Å²) in [6.07, 6.45) is 1.06. The molecule has 5 atom stereocenters. The summed E-state index contributed by atoms with van der Waals surface area (Å²) in [4.78, 5) is 2.34. The Morgan fingerprint density at radius 1 is 0.500 bits per heavy atom. The van der Waals surface area contributed by atoms with E-state index in [9.17, 15) is 0 Å². The van der Waals surface area contributed by atoms with Crippen molar-refractivity contribution in [2.75, 3.05) is 112 Å². The zero-order valence-electron chi connectivity index (χ0n) is 19.9. The van der Waals surface area contributed by atoms with Crippen molar-refractivity contribution < 1.29 is 47.4 Å². The lowest BCUT2D eigenvalue weighted by atomic mass is 9.99. The highest BCUT2D eigenvalue weighted by Crippen LogP contribution is 2.23. The van der Waals surface area contributed by atoms with Gasteiger partial charge in [-0.25, -0.2) is 0 Å². The van der Waals surface area contributed by atoms with Gasteiger partial charge in [-0.3, -0.25) is 4.90 Å². The standard InChI is InChI=1S/C23H39NO10/c1(3-25-5-18-10-30-18)24(2-4-26-6-19-11-31-19)23(15-27-7-20-12-32-20,16-28-8-21-13-33-21)17-29-9-22-14-34-22/h18-22H,1-17H2. The molecule has 196 valence electrons. The summed E-state index contributed by atoms with van der Waals surface area (Å²) >= 11 is 0. The van der Waals surface area contributed by atoms with E-state index in [0.29, 0.717) is 79.2 Å². The van der Waals surface area contributed by atoms with Crippen molar-refractivity contribution in [2.24, 2.45) is 0 Å². The van der Waals surface area contributed by atoms with Gasteiger partial charge < -0.3 is 47.4 Å². The third-order valence-electron chi connectivity index (χ3n) is 6.32. The number of epoxide rings is 5. The van der Waals surface area contributed by atoms with Crippen LogP contribution in [0.25, 0.3) is 0 Å². The summed E-state index contributed by atoms with van der Waals surface area (Å²) in [5.41, 5.74) is -0.502. The summed E-state index contributed by atoms with van der Waals surface area (Å²) < 4.78 is 56.8. The molecule has 0 radical (unpaired) electrons. The van der Waals surface area contributed by atoms with E-state index in [1.807, 2.05) is 0 Å². The maximum absolute atomic E-state index is 6.15. The van der Waals surface area contributed by atoms with Crippen LogP contribution in [0.2, 0.25) is 0 Å². The van der Waals surface area contributed by atoms with Crippen molar-refractivity contribution >= 4 is 0 Å². The van der Waals surface area contributed by atoms with Crippen molar-refractivity contribution in [1.82, 2.24) is 4.90 Å². The molecule has 0 amide bonds. The average molecular weight is 490 g/mol. The van der Waals surface area contributed by atoms with E-state index in [2.05, 4.69) is 4.90 Å². The van der Waals surface area contributed by atoms with E-state index in [1.165, 1.54) is 0 Å². The zero-order chi connectivity index (χ0) is 23.1. The van der Waals surface area contributed by atoms with Gasteiger partial charge in [-0.15, -0.1) is 0 Å². The molecule has 5 fully saturated rings. The molecule has 0 bridgehead atoms. The number of hydrogen-bond acceptors (Lipinski definition) is 11. The molecule has 5 unspecified atom stereocenters. The van der Waals surface area contributed by atoms with E-state index in [1.54, 1.807) is 0 Å². The normalized spacial score (nSPS) is 32.6. The van der Waals surface area contributed by atoms with Crippen LogP contribution in [-0.4, -0.2) is 153 Å². The number of nitrogens with zero attached hydrogens (tertiary/aromatic N) is 1. The molecular formula is C23H39NO10. The third kappa shape index (κ3) is 9.55. The first-order chi connectivity index (χ1) is 16.8. The smallest absolute Gasteiger partial charge is 0.104 e.